The number of halogens is 3. The summed E-state index contributed by atoms with van der Waals surface area (Å²) in [4.78, 5) is 10.2. The zero-order chi connectivity index (χ0) is 9.19. The third kappa shape index (κ3) is 3.02. The van der Waals surface area contributed by atoms with Gasteiger partial charge in [-0.1, -0.05) is 0 Å². The van der Waals surface area contributed by atoms with Gasteiger partial charge in [0.05, 0.1) is 6.42 Å². The molecule has 2 unspecified atom stereocenters. The predicted octanol–water partition coefficient (Wildman–Crippen LogP) is 1.17. The van der Waals surface area contributed by atoms with Crippen molar-refractivity contribution in [2.45, 2.75) is 23.2 Å². The third-order valence-electron chi connectivity index (χ3n) is 1.47. The third-order valence-corrected chi connectivity index (χ3v) is 2.76. The van der Waals surface area contributed by atoms with Gasteiger partial charge in [0.2, 0.25) is 0 Å². The highest BCUT2D eigenvalue weighted by Gasteiger charge is 2.36. The Labute approximate surface area is 71.9 Å². The van der Waals surface area contributed by atoms with Gasteiger partial charge in [0.1, 0.15) is 11.7 Å². The lowest BCUT2D eigenvalue weighted by atomic mass is 10.3. The Morgan fingerprint density at radius 2 is 2.25 bits per heavy atom. The molecule has 1 aliphatic rings. The van der Waals surface area contributed by atoms with Gasteiger partial charge in [0, 0.05) is 11.8 Å². The quantitative estimate of drug-likeness (QED) is 0.677. The molecule has 0 aromatic heterocycles. The summed E-state index contributed by atoms with van der Waals surface area (Å²) in [5.41, 5.74) is 0. The minimum Gasteiger partial charge on any atom is -0.301 e. The van der Waals surface area contributed by atoms with Crippen molar-refractivity contribution in [3.8, 4) is 0 Å². The Bertz CT molecular complexity index is 173. The first-order valence-corrected chi connectivity index (χ1v) is 4.36. The standard InChI is InChI=1S/C6H8F3NOS/c7-6(8,9)1-4-2-10-5(3-11)12-4/h3-5,10H,1-2H2. The van der Waals surface area contributed by atoms with Crippen LogP contribution in [0.15, 0.2) is 0 Å². The second-order valence-corrected chi connectivity index (χ2v) is 3.99. The molecule has 70 valence electrons. The highest BCUT2D eigenvalue weighted by molar-refractivity contribution is 8.01. The van der Waals surface area contributed by atoms with Gasteiger partial charge >= 0.3 is 6.18 Å². The molecule has 0 aromatic rings. The molecule has 1 saturated heterocycles. The lowest BCUT2D eigenvalue weighted by molar-refractivity contribution is -0.133. The maximum Gasteiger partial charge on any atom is 0.390 e. The van der Waals surface area contributed by atoms with Crippen LogP contribution in [0, 0.1) is 0 Å². The van der Waals surface area contributed by atoms with E-state index in [1.807, 2.05) is 0 Å². The average Bonchev–Trinajstić information content (AvgIpc) is 2.32. The summed E-state index contributed by atoms with van der Waals surface area (Å²) in [5.74, 6) is 0. The van der Waals surface area contributed by atoms with Gasteiger partial charge in [0.15, 0.2) is 0 Å². The molecule has 6 heteroatoms. The molecular weight excluding hydrogens is 191 g/mol. The number of nitrogens with one attached hydrogen (secondary N) is 1. The molecular formula is C6H8F3NOS. The van der Waals surface area contributed by atoms with Crippen molar-refractivity contribution in [2.75, 3.05) is 6.54 Å². The first-order chi connectivity index (χ1) is 5.51. The monoisotopic (exact) mass is 199 g/mol. The number of rotatable bonds is 2. The van der Waals surface area contributed by atoms with Gasteiger partial charge in [-0.3, -0.25) is 5.32 Å². The van der Waals surface area contributed by atoms with Crippen molar-refractivity contribution in [2.24, 2.45) is 0 Å². The van der Waals surface area contributed by atoms with Crippen LogP contribution >= 0.6 is 11.8 Å². The van der Waals surface area contributed by atoms with Crippen LogP contribution in [0.5, 0.6) is 0 Å². The van der Waals surface area contributed by atoms with Crippen molar-refractivity contribution in [1.82, 2.24) is 5.32 Å². The van der Waals surface area contributed by atoms with E-state index in [0.717, 1.165) is 11.8 Å². The Morgan fingerprint density at radius 1 is 1.58 bits per heavy atom. The van der Waals surface area contributed by atoms with E-state index < -0.39 is 23.2 Å². The number of hydrogen-bond donors (Lipinski definition) is 1. The van der Waals surface area contributed by atoms with Gasteiger partial charge in [-0.2, -0.15) is 13.2 Å². The van der Waals surface area contributed by atoms with Gasteiger partial charge in [-0.05, 0) is 0 Å². The van der Waals surface area contributed by atoms with E-state index in [2.05, 4.69) is 5.32 Å². The lowest BCUT2D eigenvalue weighted by Gasteiger charge is -2.10. The molecule has 0 saturated carbocycles. The molecule has 0 amide bonds. The minimum absolute atomic E-state index is 0.258. The summed E-state index contributed by atoms with van der Waals surface area (Å²) in [6, 6.07) is 0. The van der Waals surface area contributed by atoms with Gasteiger partial charge in [0.25, 0.3) is 0 Å². The molecule has 12 heavy (non-hydrogen) atoms. The van der Waals surface area contributed by atoms with Gasteiger partial charge in [-0.15, -0.1) is 11.8 Å². The minimum atomic E-state index is -4.13. The number of carbonyl (C=O) groups excluding carboxylic acids is 1. The van der Waals surface area contributed by atoms with Crippen molar-refractivity contribution >= 4 is 18.0 Å². The molecule has 0 aliphatic carbocycles. The summed E-state index contributed by atoms with van der Waals surface area (Å²) in [6.45, 7) is 0.258. The number of alkyl halides is 3. The van der Waals surface area contributed by atoms with Gasteiger partial charge in [-0.25, -0.2) is 0 Å². The molecule has 1 fully saturated rings. The molecule has 0 aromatic carbocycles. The van der Waals surface area contributed by atoms with Gasteiger partial charge < -0.3 is 4.79 Å². The van der Waals surface area contributed by atoms with E-state index in [-0.39, 0.29) is 6.54 Å². The maximum atomic E-state index is 11.8. The number of thioether (sulfide) groups is 1. The molecule has 0 spiro atoms. The topological polar surface area (TPSA) is 29.1 Å². The van der Waals surface area contributed by atoms with Crippen LogP contribution in [0.25, 0.3) is 0 Å². The second-order valence-electron chi connectivity index (χ2n) is 2.54. The maximum absolute atomic E-state index is 11.8. The van der Waals surface area contributed by atoms with E-state index in [9.17, 15) is 18.0 Å². The van der Waals surface area contributed by atoms with Crippen molar-refractivity contribution in [3.05, 3.63) is 0 Å². The molecule has 0 bridgehead atoms. The average molecular weight is 199 g/mol. The fourth-order valence-electron chi connectivity index (χ4n) is 1.01. The predicted molar refractivity (Wildman–Crippen MR) is 39.9 cm³/mol. The SMILES string of the molecule is O=CC1NCC(CC(F)(F)F)S1. The van der Waals surface area contributed by atoms with Crippen LogP contribution in [-0.2, 0) is 4.79 Å². The Kier molecular flexibility index (Phi) is 3.00. The van der Waals surface area contributed by atoms with Crippen LogP contribution in [-0.4, -0.2) is 29.6 Å². The number of aldehydes is 1. The van der Waals surface area contributed by atoms with E-state index >= 15 is 0 Å². The highest BCUT2D eigenvalue weighted by Crippen LogP contribution is 2.31. The fourth-order valence-corrected chi connectivity index (χ4v) is 2.16. The largest absolute Gasteiger partial charge is 0.390 e. The lowest BCUT2D eigenvalue weighted by Crippen LogP contribution is -2.23. The number of carbonyl (C=O) groups is 1. The molecule has 2 atom stereocenters. The molecule has 0 radical (unpaired) electrons. The number of hydrogen-bond acceptors (Lipinski definition) is 3. The van der Waals surface area contributed by atoms with E-state index in [4.69, 9.17) is 0 Å². The summed E-state index contributed by atoms with van der Waals surface area (Å²) >= 11 is 1.04. The van der Waals surface area contributed by atoms with E-state index in [0.29, 0.717) is 6.29 Å². The molecule has 1 aliphatic heterocycles. The Morgan fingerprint density at radius 3 is 2.67 bits per heavy atom. The van der Waals surface area contributed by atoms with Crippen LogP contribution in [0.2, 0.25) is 0 Å². The normalized spacial score (nSPS) is 30.6. The van der Waals surface area contributed by atoms with Crippen LogP contribution < -0.4 is 5.32 Å². The molecule has 2 nitrogen and oxygen atoms in total. The molecule has 1 heterocycles. The molecule has 1 N–H and O–H groups in total. The van der Waals surface area contributed by atoms with Crippen LogP contribution in [0.3, 0.4) is 0 Å². The van der Waals surface area contributed by atoms with Crippen molar-refractivity contribution in [3.63, 3.8) is 0 Å². The van der Waals surface area contributed by atoms with Crippen LogP contribution in [0.1, 0.15) is 6.42 Å². The smallest absolute Gasteiger partial charge is 0.301 e. The van der Waals surface area contributed by atoms with E-state index in [1.165, 1.54) is 0 Å². The Balaban J connectivity index is 2.33. The Hall–Kier alpha value is -0.230. The first-order valence-electron chi connectivity index (χ1n) is 3.42. The zero-order valence-corrected chi connectivity index (χ0v) is 6.91. The highest BCUT2D eigenvalue weighted by atomic mass is 32.2. The van der Waals surface area contributed by atoms with Crippen molar-refractivity contribution < 1.29 is 18.0 Å². The van der Waals surface area contributed by atoms with Crippen molar-refractivity contribution in [1.29, 1.82) is 0 Å². The summed E-state index contributed by atoms with van der Waals surface area (Å²) in [7, 11) is 0. The second kappa shape index (κ2) is 3.66. The zero-order valence-electron chi connectivity index (χ0n) is 6.10. The fraction of sp³-hybridized carbons (Fsp3) is 0.833. The summed E-state index contributed by atoms with van der Waals surface area (Å²) in [6.07, 6.45) is -4.33. The van der Waals surface area contributed by atoms with E-state index in [1.54, 1.807) is 0 Å². The van der Waals surface area contributed by atoms with Crippen LogP contribution in [0.4, 0.5) is 13.2 Å². The summed E-state index contributed by atoms with van der Waals surface area (Å²) in [5, 5.41) is 1.70. The first kappa shape index (κ1) is 9.85. The molecule has 1 rings (SSSR count). The summed E-state index contributed by atoms with van der Waals surface area (Å²) < 4.78 is 35.4.